The van der Waals surface area contributed by atoms with Gasteiger partial charge in [0.1, 0.15) is 11.5 Å². The molecule has 3 aromatic rings. The maximum absolute atomic E-state index is 13.1. The van der Waals surface area contributed by atoms with E-state index in [-0.39, 0.29) is 11.4 Å². The molecule has 2 N–H and O–H groups in total. The molecule has 0 fully saturated rings. The number of aromatic nitrogens is 2. The van der Waals surface area contributed by atoms with Crippen molar-refractivity contribution in [2.24, 2.45) is 5.10 Å². The summed E-state index contributed by atoms with van der Waals surface area (Å²) in [6.45, 7) is 2.54. The predicted molar refractivity (Wildman–Crippen MR) is 114 cm³/mol. The van der Waals surface area contributed by atoms with E-state index in [0.29, 0.717) is 29.2 Å². The number of halogens is 1. The lowest BCUT2D eigenvalue weighted by Crippen LogP contribution is -2.24. The van der Waals surface area contributed by atoms with Crippen molar-refractivity contribution < 1.29 is 18.7 Å². The van der Waals surface area contributed by atoms with Crippen LogP contribution < -0.4 is 20.6 Å². The molecule has 1 heterocycles. The van der Waals surface area contributed by atoms with Crippen molar-refractivity contribution in [1.29, 1.82) is 0 Å². The maximum Gasteiger partial charge on any atom is 0.346 e. The van der Waals surface area contributed by atoms with Crippen molar-refractivity contribution in [2.45, 2.75) is 13.3 Å². The second-order valence-electron chi connectivity index (χ2n) is 6.45. The number of hydrazone groups is 1. The van der Waals surface area contributed by atoms with Gasteiger partial charge in [-0.15, -0.1) is 0 Å². The SMILES string of the molecule is CCCOc1cc(/C=N/NC(=O)c2cc(-c3ccc(F)cc3)nc(=O)[nH]2)ccc1OC. The van der Waals surface area contributed by atoms with Crippen LogP contribution in [-0.2, 0) is 0 Å². The zero-order valence-corrected chi connectivity index (χ0v) is 17.0. The molecule has 0 radical (unpaired) electrons. The monoisotopic (exact) mass is 424 g/mol. The van der Waals surface area contributed by atoms with E-state index in [0.717, 1.165) is 6.42 Å². The van der Waals surface area contributed by atoms with Gasteiger partial charge in [-0.1, -0.05) is 6.92 Å². The molecule has 0 saturated heterocycles. The minimum absolute atomic E-state index is 0.0295. The predicted octanol–water partition coefficient (Wildman–Crippen LogP) is 3.14. The number of methoxy groups -OCH3 is 1. The van der Waals surface area contributed by atoms with Crippen molar-refractivity contribution in [1.82, 2.24) is 15.4 Å². The number of ether oxygens (including phenoxy) is 2. The maximum atomic E-state index is 13.1. The first-order valence-electron chi connectivity index (χ1n) is 9.51. The average molecular weight is 424 g/mol. The van der Waals surface area contributed by atoms with E-state index in [2.05, 4.69) is 20.5 Å². The number of carbonyl (C=O) groups excluding carboxylic acids is 1. The minimum Gasteiger partial charge on any atom is -0.493 e. The fourth-order valence-electron chi connectivity index (χ4n) is 2.67. The van der Waals surface area contributed by atoms with E-state index in [9.17, 15) is 14.0 Å². The van der Waals surface area contributed by atoms with Gasteiger partial charge in [0.25, 0.3) is 5.91 Å². The molecule has 0 aliphatic carbocycles. The zero-order chi connectivity index (χ0) is 22.2. The van der Waals surface area contributed by atoms with E-state index in [4.69, 9.17) is 9.47 Å². The van der Waals surface area contributed by atoms with Crippen LogP contribution in [0.1, 0.15) is 29.4 Å². The zero-order valence-electron chi connectivity index (χ0n) is 17.0. The third-order valence-corrected chi connectivity index (χ3v) is 4.16. The standard InChI is InChI=1S/C22H21FN4O4/c1-3-10-31-20-11-14(4-9-19(20)30-2)13-24-27-21(28)18-12-17(25-22(29)26-18)15-5-7-16(23)8-6-15/h4-9,11-13H,3,10H2,1-2H3,(H,27,28)(H,25,26,29)/b24-13+. The number of aromatic amines is 1. The average Bonchev–Trinajstić information content (AvgIpc) is 2.77. The Labute approximate surface area is 177 Å². The van der Waals surface area contributed by atoms with Crippen LogP contribution in [0.3, 0.4) is 0 Å². The molecule has 9 heteroatoms. The Balaban J connectivity index is 1.74. The van der Waals surface area contributed by atoms with Crippen LogP contribution in [0.2, 0.25) is 0 Å². The third-order valence-electron chi connectivity index (χ3n) is 4.16. The highest BCUT2D eigenvalue weighted by molar-refractivity contribution is 5.94. The molecule has 0 spiro atoms. The highest BCUT2D eigenvalue weighted by Gasteiger charge is 2.10. The molecular weight excluding hydrogens is 403 g/mol. The Hall–Kier alpha value is -4.01. The number of amides is 1. The first-order valence-corrected chi connectivity index (χ1v) is 9.51. The molecule has 0 unspecified atom stereocenters. The number of benzene rings is 2. The van der Waals surface area contributed by atoms with E-state index >= 15 is 0 Å². The van der Waals surface area contributed by atoms with E-state index < -0.39 is 17.4 Å². The Bertz CT molecular complexity index is 1140. The van der Waals surface area contributed by atoms with Gasteiger partial charge in [0, 0.05) is 5.56 Å². The molecule has 0 atom stereocenters. The number of nitrogens with zero attached hydrogens (tertiary/aromatic N) is 2. The van der Waals surface area contributed by atoms with Crippen LogP contribution in [0, 0.1) is 5.82 Å². The smallest absolute Gasteiger partial charge is 0.346 e. The van der Waals surface area contributed by atoms with E-state index in [1.165, 1.54) is 36.5 Å². The van der Waals surface area contributed by atoms with Crippen LogP contribution in [0.5, 0.6) is 11.5 Å². The molecule has 1 aromatic heterocycles. The molecular formula is C22H21FN4O4. The molecule has 3 rings (SSSR count). The molecule has 1 amide bonds. The second kappa shape index (κ2) is 10.1. The first-order chi connectivity index (χ1) is 15.0. The normalized spacial score (nSPS) is 10.8. The minimum atomic E-state index is -0.705. The van der Waals surface area contributed by atoms with Crippen molar-refractivity contribution in [3.63, 3.8) is 0 Å². The molecule has 8 nitrogen and oxygen atoms in total. The fraction of sp³-hybridized carbons (Fsp3) is 0.182. The van der Waals surface area contributed by atoms with Crippen LogP contribution in [0.4, 0.5) is 4.39 Å². The summed E-state index contributed by atoms with van der Waals surface area (Å²) in [4.78, 5) is 30.4. The third kappa shape index (κ3) is 5.75. The van der Waals surface area contributed by atoms with Crippen molar-refractivity contribution in [2.75, 3.05) is 13.7 Å². The van der Waals surface area contributed by atoms with Crippen molar-refractivity contribution in [3.8, 4) is 22.8 Å². The summed E-state index contributed by atoms with van der Waals surface area (Å²) < 4.78 is 24.0. The van der Waals surface area contributed by atoms with E-state index in [1.54, 1.807) is 25.3 Å². The molecule has 160 valence electrons. The number of H-pyrrole nitrogens is 1. The Morgan fingerprint density at radius 1 is 1.19 bits per heavy atom. The molecule has 0 bridgehead atoms. The van der Waals surface area contributed by atoms with Gasteiger partial charge in [0.2, 0.25) is 0 Å². The molecule has 0 saturated carbocycles. The van der Waals surface area contributed by atoms with Crippen LogP contribution in [0.25, 0.3) is 11.3 Å². The van der Waals surface area contributed by atoms with Crippen LogP contribution in [0.15, 0.2) is 58.4 Å². The summed E-state index contributed by atoms with van der Waals surface area (Å²) in [7, 11) is 1.55. The second-order valence-corrected chi connectivity index (χ2v) is 6.45. The fourth-order valence-corrected chi connectivity index (χ4v) is 2.67. The summed E-state index contributed by atoms with van der Waals surface area (Å²) in [5.41, 5.74) is 3.05. The van der Waals surface area contributed by atoms with Crippen LogP contribution >= 0.6 is 0 Å². The van der Waals surface area contributed by atoms with Gasteiger partial charge in [-0.25, -0.2) is 14.6 Å². The number of hydrogen-bond donors (Lipinski definition) is 2. The largest absolute Gasteiger partial charge is 0.493 e. The quantitative estimate of drug-likeness (QED) is 0.427. The number of carbonyl (C=O) groups is 1. The van der Waals surface area contributed by atoms with Gasteiger partial charge >= 0.3 is 5.69 Å². The highest BCUT2D eigenvalue weighted by Crippen LogP contribution is 2.27. The highest BCUT2D eigenvalue weighted by atomic mass is 19.1. The lowest BCUT2D eigenvalue weighted by Gasteiger charge is -2.10. The van der Waals surface area contributed by atoms with Gasteiger partial charge in [-0.2, -0.15) is 10.1 Å². The van der Waals surface area contributed by atoms with Crippen molar-refractivity contribution >= 4 is 12.1 Å². The molecule has 0 aliphatic rings. The van der Waals surface area contributed by atoms with Gasteiger partial charge in [-0.05, 0) is 60.5 Å². The lowest BCUT2D eigenvalue weighted by atomic mass is 10.1. The van der Waals surface area contributed by atoms with E-state index in [1.807, 2.05) is 6.92 Å². The summed E-state index contributed by atoms with van der Waals surface area (Å²) >= 11 is 0. The van der Waals surface area contributed by atoms with Crippen LogP contribution in [-0.4, -0.2) is 35.8 Å². The number of nitrogens with one attached hydrogen (secondary N) is 2. The Kier molecular flexibility index (Phi) is 7.10. The van der Waals surface area contributed by atoms with Gasteiger partial charge < -0.3 is 14.5 Å². The lowest BCUT2D eigenvalue weighted by molar-refractivity contribution is 0.0949. The molecule has 31 heavy (non-hydrogen) atoms. The summed E-state index contributed by atoms with van der Waals surface area (Å²) in [5, 5.41) is 3.93. The molecule has 0 aliphatic heterocycles. The van der Waals surface area contributed by atoms with Gasteiger partial charge in [-0.3, -0.25) is 4.79 Å². The van der Waals surface area contributed by atoms with Crippen molar-refractivity contribution in [3.05, 3.63) is 76.1 Å². The topological polar surface area (TPSA) is 106 Å². The number of rotatable bonds is 8. The first kappa shape index (κ1) is 21.7. The van der Waals surface area contributed by atoms with Gasteiger partial charge in [0.05, 0.1) is 25.6 Å². The Morgan fingerprint density at radius 3 is 2.68 bits per heavy atom. The summed E-state index contributed by atoms with van der Waals surface area (Å²) in [5.74, 6) is 0.122. The molecule has 2 aromatic carbocycles. The summed E-state index contributed by atoms with van der Waals surface area (Å²) in [6, 6.07) is 12.1. The van der Waals surface area contributed by atoms with Gasteiger partial charge in [0.15, 0.2) is 11.5 Å². The Morgan fingerprint density at radius 2 is 1.97 bits per heavy atom. The number of hydrogen-bond acceptors (Lipinski definition) is 6. The summed E-state index contributed by atoms with van der Waals surface area (Å²) in [6.07, 6.45) is 2.29.